The van der Waals surface area contributed by atoms with E-state index in [4.69, 9.17) is 38.5 Å². The molecule has 3 N–H and O–H groups in total. The maximum absolute atomic E-state index is 16.1. The number of carbonyl (C=O) groups is 2. The van der Waals surface area contributed by atoms with E-state index in [1.54, 1.807) is 73.6 Å². The summed E-state index contributed by atoms with van der Waals surface area (Å²) in [4.78, 5) is 55.3. The van der Waals surface area contributed by atoms with Crippen molar-refractivity contribution in [3.05, 3.63) is 142 Å². The number of ether oxygens (including phenoxy) is 5. The van der Waals surface area contributed by atoms with Crippen LogP contribution in [0.2, 0.25) is 0 Å². The van der Waals surface area contributed by atoms with Crippen LogP contribution in [0, 0.1) is 5.92 Å². The normalized spacial score (nSPS) is 17.4. The molecule has 4 aromatic carbocycles. The molecule has 5 atom stereocenters. The highest BCUT2D eigenvalue weighted by molar-refractivity contribution is 7.51. The van der Waals surface area contributed by atoms with Crippen molar-refractivity contribution in [1.82, 2.24) is 29.1 Å². The van der Waals surface area contributed by atoms with E-state index in [0.717, 1.165) is 0 Å². The summed E-state index contributed by atoms with van der Waals surface area (Å²) in [5.74, 6) is 0.440. The Morgan fingerprint density at radius 2 is 1.33 bits per heavy atom. The van der Waals surface area contributed by atoms with Gasteiger partial charge in [0.25, 0.3) is 11.5 Å². The van der Waals surface area contributed by atoms with E-state index in [0.29, 0.717) is 39.5 Å². The van der Waals surface area contributed by atoms with Crippen LogP contribution in [-0.4, -0.2) is 112 Å². The molecule has 3 heterocycles. The Kier molecular flexibility index (Phi) is 17.3. The van der Waals surface area contributed by atoms with E-state index in [1.165, 1.54) is 6.33 Å². The number of aromatic amines is 1. The Balaban J connectivity index is 1.38. The van der Waals surface area contributed by atoms with E-state index in [9.17, 15) is 9.59 Å². The number of fused-ring (bicyclic) bond motifs is 1. The fourth-order valence-electron chi connectivity index (χ4n) is 9.43. The highest BCUT2D eigenvalue weighted by Gasteiger charge is 2.54. The number of rotatable bonds is 23. The molecular formula is C54H68N7O11P. The van der Waals surface area contributed by atoms with Gasteiger partial charge >= 0.3 is 7.75 Å². The number of hydrogen-bond acceptors (Lipinski definition) is 14. The van der Waals surface area contributed by atoms with Gasteiger partial charge in [0, 0.05) is 42.6 Å². The molecule has 0 bridgehead atoms. The zero-order valence-electron chi connectivity index (χ0n) is 43.4. The van der Waals surface area contributed by atoms with Gasteiger partial charge in [-0.1, -0.05) is 68.4 Å². The second kappa shape index (κ2) is 23.2. The fourth-order valence-corrected chi connectivity index (χ4v) is 11.7. The van der Waals surface area contributed by atoms with Crippen molar-refractivity contribution in [1.29, 1.82) is 0 Å². The van der Waals surface area contributed by atoms with Crippen molar-refractivity contribution in [2.24, 2.45) is 5.92 Å². The summed E-state index contributed by atoms with van der Waals surface area (Å²) in [6.45, 7) is 14.7. The summed E-state index contributed by atoms with van der Waals surface area (Å²) in [5, 5.41) is 0. The number of imidazole rings is 1. The van der Waals surface area contributed by atoms with Gasteiger partial charge in [0.1, 0.15) is 47.4 Å². The van der Waals surface area contributed by atoms with Crippen molar-refractivity contribution in [3.8, 4) is 17.2 Å². The van der Waals surface area contributed by atoms with E-state index in [2.05, 4.69) is 15.0 Å². The zero-order chi connectivity index (χ0) is 52.8. The van der Waals surface area contributed by atoms with Crippen LogP contribution < -0.4 is 25.5 Å². The van der Waals surface area contributed by atoms with Crippen molar-refractivity contribution < 1.29 is 46.9 Å². The maximum atomic E-state index is 16.1. The summed E-state index contributed by atoms with van der Waals surface area (Å²) in [7, 11) is 0.277. The van der Waals surface area contributed by atoms with Gasteiger partial charge in [-0.05, 0) is 107 Å². The number of aromatic nitrogens is 4. The molecule has 0 spiro atoms. The number of methoxy groups -OCH3 is 3. The standard InChI is InChI=1S/C54H68N7O11P/c1-33(2)47(62)49(71-54(38-15-13-12-14-16-38,39-19-25-42(67-10)26-20-39)40-21-27-43(68-11)28-22-40)48-44(31-45(70-48)60-32-56-46-50(60)57-53(55)58-51(46)63)72-73(65,61(35(5)6)36(7)8)69-30-29-59(34(3)4)52(64)37-17-23-41(66-9)24-18-37/h12-28,32-36,44-45,48-49H,29-31H2,1-11H3,(H3,55,57,58,63)/t44-,45+,48-,49?,73?/m0/s1. The molecule has 0 aliphatic carbocycles. The Morgan fingerprint density at radius 3 is 1.84 bits per heavy atom. The van der Waals surface area contributed by atoms with Gasteiger partial charge in [-0.3, -0.25) is 33.0 Å². The quantitative estimate of drug-likeness (QED) is 0.0454. The van der Waals surface area contributed by atoms with E-state index in [1.807, 2.05) is 120 Å². The Hall–Kier alpha value is -6.40. The minimum Gasteiger partial charge on any atom is -0.497 e. The molecule has 0 radical (unpaired) electrons. The number of H-pyrrole nitrogens is 1. The van der Waals surface area contributed by atoms with Gasteiger partial charge in [0.05, 0.1) is 34.3 Å². The lowest BCUT2D eigenvalue weighted by Crippen LogP contribution is -2.50. The molecule has 1 aliphatic rings. The second-order valence-electron chi connectivity index (χ2n) is 19.0. The maximum Gasteiger partial charge on any atom is 0.409 e. The number of ketones is 1. The van der Waals surface area contributed by atoms with Crippen LogP contribution >= 0.6 is 7.75 Å². The van der Waals surface area contributed by atoms with E-state index >= 15 is 9.36 Å². The lowest BCUT2D eigenvalue weighted by atomic mass is 9.79. The molecule has 6 aromatic rings. The molecule has 1 aliphatic heterocycles. The number of anilines is 1. The minimum absolute atomic E-state index is 0.00516. The van der Waals surface area contributed by atoms with Crippen molar-refractivity contribution in [2.45, 2.75) is 110 Å². The smallest absolute Gasteiger partial charge is 0.409 e. The molecule has 2 unspecified atom stereocenters. The summed E-state index contributed by atoms with van der Waals surface area (Å²) in [6, 6.07) is 30.1. The van der Waals surface area contributed by atoms with Crippen LogP contribution in [0.4, 0.5) is 5.95 Å². The predicted molar refractivity (Wildman–Crippen MR) is 278 cm³/mol. The number of nitrogens with zero attached hydrogens (tertiary/aromatic N) is 5. The van der Waals surface area contributed by atoms with Gasteiger partial charge in [0.2, 0.25) is 5.95 Å². The van der Waals surface area contributed by atoms with Crippen molar-refractivity contribution in [3.63, 3.8) is 0 Å². The third-order valence-corrected chi connectivity index (χ3v) is 15.5. The highest BCUT2D eigenvalue weighted by atomic mass is 31.2. The first-order chi connectivity index (χ1) is 34.8. The molecule has 7 rings (SSSR count). The number of amides is 1. The fraction of sp³-hybridized carbons (Fsp3) is 0.426. The van der Waals surface area contributed by atoms with E-state index < -0.39 is 49.4 Å². The number of hydrogen-bond donors (Lipinski definition) is 2. The first-order valence-electron chi connectivity index (χ1n) is 24.5. The molecule has 1 saturated heterocycles. The number of carbonyl (C=O) groups excluding carboxylic acids is 2. The Labute approximate surface area is 426 Å². The number of Topliss-reactive ketones (excluding diaryl/α,β-unsaturated/α-hetero) is 1. The Morgan fingerprint density at radius 1 is 0.795 bits per heavy atom. The molecule has 1 fully saturated rings. The number of nitrogens with one attached hydrogen (secondary N) is 1. The third-order valence-electron chi connectivity index (χ3n) is 12.9. The van der Waals surface area contributed by atoms with Crippen LogP contribution in [0.5, 0.6) is 17.2 Å². The molecule has 390 valence electrons. The molecule has 1 amide bonds. The zero-order valence-corrected chi connectivity index (χ0v) is 44.3. The summed E-state index contributed by atoms with van der Waals surface area (Å²) >= 11 is 0. The average molecular weight is 1020 g/mol. The predicted octanol–water partition coefficient (Wildman–Crippen LogP) is 8.80. The van der Waals surface area contributed by atoms with Crippen molar-refractivity contribution >= 4 is 36.5 Å². The molecule has 2 aromatic heterocycles. The molecule has 73 heavy (non-hydrogen) atoms. The number of nitrogens with two attached hydrogens (primary N) is 1. The minimum atomic E-state index is -4.44. The van der Waals surface area contributed by atoms with Crippen LogP contribution in [0.3, 0.4) is 0 Å². The number of benzene rings is 4. The third kappa shape index (κ3) is 11.5. The van der Waals surface area contributed by atoms with E-state index in [-0.39, 0.29) is 66.5 Å². The Bertz CT molecular complexity index is 2850. The molecule has 0 saturated carbocycles. The monoisotopic (exact) mass is 1020 g/mol. The molecule has 18 nitrogen and oxygen atoms in total. The first kappa shape index (κ1) is 54.4. The SMILES string of the molecule is COc1ccc(C(=O)N(CCOP(=O)(O[C@H]2C[C@H](n3cnc4c(=O)[nH]c(N)nc43)O[C@@H]2C(OC(c2ccccc2)(c2ccc(OC)cc2)c2ccc(OC)cc2)C(=O)C(C)C)N(C(C)C)C(C)C)C(C)C)cc1. The average Bonchev–Trinajstić information content (AvgIpc) is 3.99. The topological polar surface area (TPSA) is 212 Å². The molecule has 19 heteroatoms. The summed E-state index contributed by atoms with van der Waals surface area (Å²) in [6.07, 6.45) is -3.63. The van der Waals surface area contributed by atoms with Gasteiger partial charge in [-0.25, -0.2) is 14.2 Å². The largest absolute Gasteiger partial charge is 0.497 e. The highest BCUT2D eigenvalue weighted by Crippen LogP contribution is 2.58. The molecular weight excluding hydrogens is 954 g/mol. The lowest BCUT2D eigenvalue weighted by Gasteiger charge is -2.42. The second-order valence-corrected chi connectivity index (χ2v) is 20.9. The van der Waals surface area contributed by atoms with Crippen LogP contribution in [0.25, 0.3) is 11.2 Å². The van der Waals surface area contributed by atoms with Gasteiger partial charge in [-0.2, -0.15) is 4.98 Å². The summed E-state index contributed by atoms with van der Waals surface area (Å²) in [5.41, 5.74) is 6.54. The van der Waals surface area contributed by atoms with Crippen LogP contribution in [0.15, 0.2) is 114 Å². The van der Waals surface area contributed by atoms with Gasteiger partial charge in [0.15, 0.2) is 16.9 Å². The lowest BCUT2D eigenvalue weighted by molar-refractivity contribution is -0.167. The van der Waals surface area contributed by atoms with Gasteiger partial charge < -0.3 is 34.3 Å². The van der Waals surface area contributed by atoms with Crippen LogP contribution in [-0.2, 0) is 33.5 Å². The van der Waals surface area contributed by atoms with Crippen molar-refractivity contribution in [2.75, 3.05) is 40.2 Å². The van der Waals surface area contributed by atoms with Crippen LogP contribution in [0.1, 0.15) is 95.1 Å². The van der Waals surface area contributed by atoms with Gasteiger partial charge in [-0.15, -0.1) is 0 Å². The number of nitrogen functional groups attached to an aromatic ring is 1. The first-order valence-corrected chi connectivity index (χ1v) is 26.0. The summed E-state index contributed by atoms with van der Waals surface area (Å²) < 4.78 is 64.0.